The van der Waals surface area contributed by atoms with Gasteiger partial charge in [0.2, 0.25) is 0 Å². The van der Waals surface area contributed by atoms with Gasteiger partial charge in [-0.1, -0.05) is 67.0 Å². The van der Waals surface area contributed by atoms with Gasteiger partial charge in [0.1, 0.15) is 6.10 Å². The number of esters is 1. The second-order valence-electron chi connectivity index (χ2n) is 15.0. The van der Waals surface area contributed by atoms with Crippen LogP contribution in [0.1, 0.15) is 114 Å². The van der Waals surface area contributed by atoms with Gasteiger partial charge in [-0.15, -0.1) is 0 Å². The highest BCUT2D eigenvalue weighted by Crippen LogP contribution is 2.74. The molecule has 0 aromatic heterocycles. The van der Waals surface area contributed by atoms with Gasteiger partial charge < -0.3 is 4.74 Å². The quantitative estimate of drug-likeness (QED) is 0.285. The molecule has 0 heterocycles. The average molecular weight is 469 g/mol. The lowest BCUT2D eigenvalue weighted by Crippen LogP contribution is -2.64. The third-order valence-electron chi connectivity index (χ3n) is 13.5. The standard InChI is InChI=1S/C32H52O2/c1-19-18-20(2)23-12-16-31(8)24(28(23)21(19)3)10-11-26-30(7)15-14-27(34-22(4)33)29(5,6)25(30)13-17-32(26,31)9/h10,19-21,23,25-28H,11-18H2,1-9H3/t19-,20-,21-,23-,25+,26+,27-,28+,30+,31-,32-/m1/s1. The molecule has 4 fully saturated rings. The summed E-state index contributed by atoms with van der Waals surface area (Å²) in [6, 6.07) is 0. The third-order valence-corrected chi connectivity index (χ3v) is 13.5. The van der Waals surface area contributed by atoms with Crippen molar-refractivity contribution in [1.29, 1.82) is 0 Å². The van der Waals surface area contributed by atoms with Crippen LogP contribution in [-0.4, -0.2) is 12.1 Å². The second kappa shape index (κ2) is 7.85. The van der Waals surface area contributed by atoms with Crippen molar-refractivity contribution in [3.8, 4) is 0 Å². The van der Waals surface area contributed by atoms with Gasteiger partial charge in [0.25, 0.3) is 0 Å². The van der Waals surface area contributed by atoms with E-state index in [1.54, 1.807) is 6.92 Å². The Morgan fingerprint density at radius 3 is 2.29 bits per heavy atom. The number of carbonyl (C=O) groups excluding carboxylic acids is 1. The fourth-order valence-electron chi connectivity index (χ4n) is 11.4. The molecule has 5 aliphatic carbocycles. The maximum atomic E-state index is 11.9. The van der Waals surface area contributed by atoms with E-state index < -0.39 is 0 Å². The molecule has 0 bridgehead atoms. The number of hydrogen-bond donors (Lipinski definition) is 0. The van der Waals surface area contributed by atoms with Gasteiger partial charge in [0, 0.05) is 12.3 Å². The molecule has 34 heavy (non-hydrogen) atoms. The molecule has 4 saturated carbocycles. The monoisotopic (exact) mass is 468 g/mol. The van der Waals surface area contributed by atoms with E-state index in [-0.39, 0.29) is 17.5 Å². The summed E-state index contributed by atoms with van der Waals surface area (Å²) in [5.41, 5.74) is 2.97. The molecule has 0 saturated heterocycles. The van der Waals surface area contributed by atoms with E-state index in [2.05, 4.69) is 61.5 Å². The van der Waals surface area contributed by atoms with Crippen LogP contribution in [0.25, 0.3) is 0 Å². The molecule has 0 aromatic carbocycles. The predicted octanol–water partition coefficient (Wildman–Crippen LogP) is 8.45. The summed E-state index contributed by atoms with van der Waals surface area (Å²) < 4.78 is 5.91. The zero-order chi connectivity index (χ0) is 24.8. The van der Waals surface area contributed by atoms with Crippen LogP contribution in [0.5, 0.6) is 0 Å². The van der Waals surface area contributed by atoms with E-state index in [0.717, 1.165) is 41.9 Å². The minimum Gasteiger partial charge on any atom is -0.462 e. The largest absolute Gasteiger partial charge is 0.462 e. The number of allylic oxidation sites excluding steroid dienone is 2. The molecule has 5 aliphatic rings. The summed E-state index contributed by atoms with van der Waals surface area (Å²) in [7, 11) is 0. The SMILES string of the molecule is CC(=O)O[C@@H]1CC[C@@]2(C)[C@@H](CC[C@]3(C)[C@H]2CC=C2[C@H]4[C@H](C)[C@H](C)C[C@@H](C)[C@H]4CC[C@]23C)C1(C)C. The van der Waals surface area contributed by atoms with Crippen molar-refractivity contribution < 1.29 is 9.53 Å². The summed E-state index contributed by atoms with van der Waals surface area (Å²) in [4.78, 5) is 11.9. The minimum absolute atomic E-state index is 0.0469. The Hall–Kier alpha value is -0.790. The first-order chi connectivity index (χ1) is 15.8. The Morgan fingerprint density at radius 2 is 1.62 bits per heavy atom. The Morgan fingerprint density at radius 1 is 0.912 bits per heavy atom. The highest BCUT2D eigenvalue weighted by atomic mass is 16.5. The van der Waals surface area contributed by atoms with Crippen molar-refractivity contribution in [2.24, 2.45) is 63.1 Å². The van der Waals surface area contributed by atoms with Crippen LogP contribution >= 0.6 is 0 Å². The smallest absolute Gasteiger partial charge is 0.302 e. The maximum absolute atomic E-state index is 11.9. The summed E-state index contributed by atoms with van der Waals surface area (Å²) in [5, 5.41) is 0. The van der Waals surface area contributed by atoms with E-state index >= 15 is 0 Å². The lowest BCUT2D eigenvalue weighted by atomic mass is 9.34. The van der Waals surface area contributed by atoms with Gasteiger partial charge in [-0.3, -0.25) is 4.79 Å². The fraction of sp³-hybridized carbons (Fsp3) is 0.906. The van der Waals surface area contributed by atoms with Crippen LogP contribution in [0.2, 0.25) is 0 Å². The molecule has 0 amide bonds. The first-order valence-corrected chi connectivity index (χ1v) is 14.6. The van der Waals surface area contributed by atoms with Gasteiger partial charge in [-0.25, -0.2) is 0 Å². The van der Waals surface area contributed by atoms with Crippen molar-refractivity contribution >= 4 is 5.97 Å². The lowest BCUT2D eigenvalue weighted by molar-refractivity contribution is -0.210. The molecule has 5 rings (SSSR count). The third kappa shape index (κ3) is 3.14. The van der Waals surface area contributed by atoms with E-state index in [4.69, 9.17) is 4.74 Å². The van der Waals surface area contributed by atoms with Crippen LogP contribution in [-0.2, 0) is 9.53 Å². The molecule has 11 atom stereocenters. The molecule has 192 valence electrons. The molecular weight excluding hydrogens is 416 g/mol. The van der Waals surface area contributed by atoms with Crippen LogP contribution in [0, 0.1) is 63.1 Å². The normalized spacial score (nSPS) is 54.0. The molecule has 0 aromatic rings. The molecule has 0 N–H and O–H groups in total. The lowest BCUT2D eigenvalue weighted by Gasteiger charge is -2.71. The summed E-state index contributed by atoms with van der Waals surface area (Å²) >= 11 is 0. The first-order valence-electron chi connectivity index (χ1n) is 14.6. The van der Waals surface area contributed by atoms with Crippen molar-refractivity contribution in [2.45, 2.75) is 120 Å². The Bertz CT molecular complexity index is 870. The molecule has 0 spiro atoms. The zero-order valence-corrected chi connectivity index (χ0v) is 23.7. The van der Waals surface area contributed by atoms with Crippen LogP contribution < -0.4 is 0 Å². The van der Waals surface area contributed by atoms with Gasteiger partial charge in [-0.05, 0) is 109 Å². The summed E-state index contributed by atoms with van der Waals surface area (Å²) in [6.45, 7) is 22.1. The molecule has 2 nitrogen and oxygen atoms in total. The first kappa shape index (κ1) is 24.9. The topological polar surface area (TPSA) is 26.3 Å². The highest BCUT2D eigenvalue weighted by Gasteiger charge is 2.67. The molecule has 0 aliphatic heterocycles. The fourth-order valence-corrected chi connectivity index (χ4v) is 11.4. The Labute approximate surface area is 210 Å². The summed E-state index contributed by atoms with van der Waals surface area (Å²) in [5.74, 6) is 5.48. The van der Waals surface area contributed by atoms with Crippen molar-refractivity contribution in [1.82, 2.24) is 0 Å². The van der Waals surface area contributed by atoms with Crippen LogP contribution in [0.3, 0.4) is 0 Å². The van der Waals surface area contributed by atoms with Gasteiger partial charge >= 0.3 is 5.97 Å². The Balaban J connectivity index is 1.53. The molecule has 0 unspecified atom stereocenters. The van der Waals surface area contributed by atoms with Crippen molar-refractivity contribution in [3.63, 3.8) is 0 Å². The molecule has 0 radical (unpaired) electrons. The van der Waals surface area contributed by atoms with Gasteiger partial charge in [0.05, 0.1) is 0 Å². The van der Waals surface area contributed by atoms with E-state index in [9.17, 15) is 4.79 Å². The van der Waals surface area contributed by atoms with E-state index in [1.807, 2.05) is 5.57 Å². The minimum atomic E-state index is -0.109. The second-order valence-corrected chi connectivity index (χ2v) is 15.0. The number of fused-ring (bicyclic) bond motifs is 7. The average Bonchev–Trinajstić information content (AvgIpc) is 2.73. The number of rotatable bonds is 1. The van der Waals surface area contributed by atoms with E-state index in [0.29, 0.717) is 22.2 Å². The van der Waals surface area contributed by atoms with Crippen molar-refractivity contribution in [2.75, 3.05) is 0 Å². The molecule has 2 heteroatoms. The summed E-state index contributed by atoms with van der Waals surface area (Å²) in [6.07, 6.45) is 13.2. The highest BCUT2D eigenvalue weighted by molar-refractivity contribution is 5.66. The van der Waals surface area contributed by atoms with E-state index in [1.165, 1.54) is 44.9 Å². The maximum Gasteiger partial charge on any atom is 0.302 e. The number of ether oxygens (including phenoxy) is 1. The number of hydrogen-bond acceptors (Lipinski definition) is 2. The van der Waals surface area contributed by atoms with Crippen LogP contribution in [0.4, 0.5) is 0 Å². The zero-order valence-electron chi connectivity index (χ0n) is 23.7. The van der Waals surface area contributed by atoms with Crippen molar-refractivity contribution in [3.05, 3.63) is 11.6 Å². The molecular formula is C32H52O2. The van der Waals surface area contributed by atoms with Gasteiger partial charge in [0.15, 0.2) is 0 Å². The van der Waals surface area contributed by atoms with Crippen LogP contribution in [0.15, 0.2) is 11.6 Å². The van der Waals surface area contributed by atoms with Gasteiger partial charge in [-0.2, -0.15) is 0 Å². The Kier molecular flexibility index (Phi) is 5.75. The number of carbonyl (C=O) groups is 1. The predicted molar refractivity (Wildman–Crippen MR) is 140 cm³/mol.